The fraction of sp³-hybridized carbons (Fsp3) is 0.188. The number of nitrogens with zero attached hydrogens (tertiary/aromatic N) is 2. The minimum atomic E-state index is -0.576. The van der Waals surface area contributed by atoms with E-state index in [1.165, 1.54) is 0 Å². The first-order valence-electron chi connectivity index (χ1n) is 6.59. The molecule has 0 saturated heterocycles. The zero-order chi connectivity index (χ0) is 13.8. The number of ether oxygens (including phenoxy) is 1. The minimum Gasteiger partial charge on any atom is -0.491 e. The maximum absolute atomic E-state index is 10.1. The number of para-hydroxylation sites is 3. The van der Waals surface area contributed by atoms with Crippen LogP contribution in [-0.4, -0.2) is 27.4 Å². The summed E-state index contributed by atoms with van der Waals surface area (Å²) in [5.74, 6) is 0.766. The van der Waals surface area contributed by atoms with Gasteiger partial charge in [-0.05, 0) is 24.3 Å². The van der Waals surface area contributed by atoms with Crippen LogP contribution in [-0.2, 0) is 6.54 Å². The van der Waals surface area contributed by atoms with Crippen molar-refractivity contribution >= 4 is 11.0 Å². The molecule has 0 aliphatic rings. The normalized spacial score (nSPS) is 12.4. The van der Waals surface area contributed by atoms with E-state index in [0.717, 1.165) is 16.8 Å². The Hall–Kier alpha value is -2.33. The van der Waals surface area contributed by atoms with Gasteiger partial charge in [0, 0.05) is 0 Å². The second-order valence-electron chi connectivity index (χ2n) is 4.66. The molecule has 1 aromatic heterocycles. The van der Waals surface area contributed by atoms with E-state index in [1.807, 2.05) is 59.2 Å². The maximum atomic E-state index is 10.1. The Balaban J connectivity index is 1.63. The second kappa shape index (κ2) is 5.75. The summed E-state index contributed by atoms with van der Waals surface area (Å²) in [4.78, 5) is 4.30. The van der Waals surface area contributed by atoms with Gasteiger partial charge in [0.05, 0.1) is 23.9 Å². The topological polar surface area (TPSA) is 47.3 Å². The molecule has 1 heterocycles. The van der Waals surface area contributed by atoms with Crippen LogP contribution in [0.3, 0.4) is 0 Å². The first-order valence-corrected chi connectivity index (χ1v) is 6.59. The van der Waals surface area contributed by atoms with E-state index in [-0.39, 0.29) is 6.61 Å². The summed E-state index contributed by atoms with van der Waals surface area (Å²) in [6, 6.07) is 17.4. The molecule has 0 spiro atoms. The van der Waals surface area contributed by atoms with Gasteiger partial charge in [-0.15, -0.1) is 0 Å². The summed E-state index contributed by atoms with van der Waals surface area (Å²) in [5.41, 5.74) is 1.95. The van der Waals surface area contributed by atoms with Crippen LogP contribution in [0, 0.1) is 0 Å². The predicted molar refractivity (Wildman–Crippen MR) is 77.7 cm³/mol. The molecule has 2 aromatic carbocycles. The van der Waals surface area contributed by atoms with Gasteiger partial charge in [-0.2, -0.15) is 0 Å². The number of hydrogen-bond acceptors (Lipinski definition) is 3. The van der Waals surface area contributed by atoms with Crippen molar-refractivity contribution in [3.8, 4) is 5.75 Å². The number of aromatic nitrogens is 2. The van der Waals surface area contributed by atoms with E-state index in [9.17, 15) is 5.11 Å². The van der Waals surface area contributed by atoms with E-state index in [2.05, 4.69) is 4.98 Å². The molecule has 0 bridgehead atoms. The van der Waals surface area contributed by atoms with Crippen molar-refractivity contribution in [1.82, 2.24) is 9.55 Å². The third-order valence-electron chi connectivity index (χ3n) is 3.12. The molecular weight excluding hydrogens is 252 g/mol. The molecule has 0 aliphatic carbocycles. The first-order chi connectivity index (χ1) is 9.83. The molecule has 0 fully saturated rings. The van der Waals surface area contributed by atoms with Gasteiger partial charge >= 0.3 is 0 Å². The molecule has 4 nitrogen and oxygen atoms in total. The number of aliphatic hydroxyl groups excluding tert-OH is 1. The number of benzene rings is 2. The summed E-state index contributed by atoms with van der Waals surface area (Å²) in [7, 11) is 0. The van der Waals surface area contributed by atoms with Crippen LogP contribution >= 0.6 is 0 Å². The van der Waals surface area contributed by atoms with Crippen molar-refractivity contribution in [2.24, 2.45) is 0 Å². The second-order valence-corrected chi connectivity index (χ2v) is 4.66. The zero-order valence-corrected chi connectivity index (χ0v) is 11.0. The van der Waals surface area contributed by atoms with Crippen LogP contribution in [0.5, 0.6) is 5.75 Å². The molecule has 102 valence electrons. The third-order valence-corrected chi connectivity index (χ3v) is 3.12. The Bertz CT molecular complexity index is 679. The van der Waals surface area contributed by atoms with Crippen LogP contribution in [0.1, 0.15) is 0 Å². The quantitative estimate of drug-likeness (QED) is 0.773. The lowest BCUT2D eigenvalue weighted by molar-refractivity contribution is 0.0934. The van der Waals surface area contributed by atoms with Crippen LogP contribution in [0.2, 0.25) is 0 Å². The van der Waals surface area contributed by atoms with Crippen molar-refractivity contribution in [3.63, 3.8) is 0 Å². The smallest absolute Gasteiger partial charge is 0.119 e. The van der Waals surface area contributed by atoms with E-state index >= 15 is 0 Å². The lowest BCUT2D eigenvalue weighted by atomic mass is 10.3. The Morgan fingerprint density at radius 3 is 2.65 bits per heavy atom. The number of imidazole rings is 1. The third kappa shape index (κ3) is 2.81. The Kier molecular flexibility index (Phi) is 3.65. The largest absolute Gasteiger partial charge is 0.491 e. The molecule has 3 rings (SSSR count). The highest BCUT2D eigenvalue weighted by molar-refractivity contribution is 5.74. The monoisotopic (exact) mass is 268 g/mol. The van der Waals surface area contributed by atoms with Crippen LogP contribution in [0.15, 0.2) is 60.9 Å². The lowest BCUT2D eigenvalue weighted by Gasteiger charge is -2.13. The van der Waals surface area contributed by atoms with Gasteiger partial charge in [-0.3, -0.25) is 0 Å². The van der Waals surface area contributed by atoms with E-state index in [4.69, 9.17) is 4.74 Å². The lowest BCUT2D eigenvalue weighted by Crippen LogP contribution is -2.23. The van der Waals surface area contributed by atoms with Crippen LogP contribution in [0.4, 0.5) is 0 Å². The van der Waals surface area contributed by atoms with Gasteiger partial charge in [0.15, 0.2) is 0 Å². The van der Waals surface area contributed by atoms with E-state index in [1.54, 1.807) is 6.33 Å². The van der Waals surface area contributed by atoms with E-state index in [0.29, 0.717) is 6.54 Å². The standard InChI is InChI=1S/C16H16N2O2/c19-13(11-20-14-6-2-1-3-7-14)10-18-12-17-15-8-4-5-9-16(15)18/h1-9,12-13,19H,10-11H2. The molecule has 1 atom stereocenters. The van der Waals surface area contributed by atoms with Gasteiger partial charge in [0.25, 0.3) is 0 Å². The highest BCUT2D eigenvalue weighted by Gasteiger charge is 2.09. The van der Waals surface area contributed by atoms with Gasteiger partial charge in [0.1, 0.15) is 18.5 Å². The average Bonchev–Trinajstić information content (AvgIpc) is 2.90. The van der Waals surface area contributed by atoms with Gasteiger partial charge in [-0.1, -0.05) is 30.3 Å². The van der Waals surface area contributed by atoms with Crippen molar-refractivity contribution in [3.05, 3.63) is 60.9 Å². The average molecular weight is 268 g/mol. The van der Waals surface area contributed by atoms with Crippen molar-refractivity contribution in [2.75, 3.05) is 6.61 Å². The molecule has 0 aliphatic heterocycles. The number of aliphatic hydroxyl groups is 1. The zero-order valence-electron chi connectivity index (χ0n) is 11.0. The van der Waals surface area contributed by atoms with Crippen molar-refractivity contribution in [1.29, 1.82) is 0 Å². The Morgan fingerprint density at radius 1 is 1.05 bits per heavy atom. The summed E-state index contributed by atoms with van der Waals surface area (Å²) in [5, 5.41) is 10.1. The van der Waals surface area contributed by atoms with Gasteiger partial charge < -0.3 is 14.4 Å². The SMILES string of the molecule is OC(COc1ccccc1)Cn1cnc2ccccc21. The Labute approximate surface area is 117 Å². The summed E-state index contributed by atoms with van der Waals surface area (Å²) in [6.07, 6.45) is 1.17. The molecule has 0 radical (unpaired) electrons. The van der Waals surface area contributed by atoms with Crippen molar-refractivity contribution in [2.45, 2.75) is 12.6 Å². The Morgan fingerprint density at radius 2 is 1.80 bits per heavy atom. The molecule has 0 amide bonds. The summed E-state index contributed by atoms with van der Waals surface area (Å²) in [6.45, 7) is 0.726. The van der Waals surface area contributed by atoms with Gasteiger partial charge in [0.2, 0.25) is 0 Å². The molecule has 1 unspecified atom stereocenters. The summed E-state index contributed by atoms with van der Waals surface area (Å²) >= 11 is 0. The van der Waals surface area contributed by atoms with Gasteiger partial charge in [-0.25, -0.2) is 4.98 Å². The fourth-order valence-corrected chi connectivity index (χ4v) is 2.14. The minimum absolute atomic E-state index is 0.260. The molecular formula is C16H16N2O2. The van der Waals surface area contributed by atoms with Crippen molar-refractivity contribution < 1.29 is 9.84 Å². The molecule has 20 heavy (non-hydrogen) atoms. The number of fused-ring (bicyclic) bond motifs is 1. The number of hydrogen-bond donors (Lipinski definition) is 1. The van der Waals surface area contributed by atoms with Crippen LogP contribution < -0.4 is 4.74 Å². The fourth-order valence-electron chi connectivity index (χ4n) is 2.14. The molecule has 0 saturated carbocycles. The maximum Gasteiger partial charge on any atom is 0.119 e. The van der Waals surface area contributed by atoms with Crippen LogP contribution in [0.25, 0.3) is 11.0 Å². The predicted octanol–water partition coefficient (Wildman–Crippen LogP) is 2.48. The molecule has 1 N–H and O–H groups in total. The molecule has 3 aromatic rings. The highest BCUT2D eigenvalue weighted by atomic mass is 16.5. The highest BCUT2D eigenvalue weighted by Crippen LogP contribution is 2.13. The number of rotatable bonds is 5. The van der Waals surface area contributed by atoms with E-state index < -0.39 is 6.10 Å². The molecule has 4 heteroatoms. The first kappa shape index (κ1) is 12.7. The summed E-state index contributed by atoms with van der Waals surface area (Å²) < 4.78 is 7.48.